The lowest BCUT2D eigenvalue weighted by Gasteiger charge is -2.32. The van der Waals surface area contributed by atoms with Crippen LogP contribution in [0.5, 0.6) is 0 Å². The summed E-state index contributed by atoms with van der Waals surface area (Å²) in [5.74, 6) is 0.259. The maximum atomic E-state index is 13.1. The van der Waals surface area contributed by atoms with Crippen molar-refractivity contribution in [3.05, 3.63) is 43.1 Å². The molecule has 1 atom stereocenters. The Morgan fingerprint density at radius 1 is 1.27 bits per heavy atom. The Kier molecular flexibility index (Phi) is 5.21. The number of ether oxygens (including phenoxy) is 1. The van der Waals surface area contributed by atoms with Gasteiger partial charge in [0.1, 0.15) is 11.2 Å². The summed E-state index contributed by atoms with van der Waals surface area (Å²) >= 11 is 0. The SMILES string of the molecule is C=CC(N1CCOCC1)S(=O)(=O)c1cccc(-c2cnc(N)nc2N)c1. The largest absolute Gasteiger partial charge is 0.383 e. The zero-order valence-electron chi connectivity index (χ0n) is 14.2. The molecule has 2 aromatic rings. The maximum absolute atomic E-state index is 13.1. The summed E-state index contributed by atoms with van der Waals surface area (Å²) in [6, 6.07) is 6.54. The fraction of sp³-hybridized carbons (Fsp3) is 0.294. The fourth-order valence-corrected chi connectivity index (χ4v) is 4.61. The van der Waals surface area contributed by atoms with E-state index in [0.717, 1.165) is 0 Å². The molecule has 0 aliphatic carbocycles. The summed E-state index contributed by atoms with van der Waals surface area (Å²) in [7, 11) is -3.66. The lowest BCUT2D eigenvalue weighted by atomic mass is 10.1. The average molecular weight is 375 g/mol. The monoisotopic (exact) mass is 375 g/mol. The number of aromatic nitrogens is 2. The van der Waals surface area contributed by atoms with E-state index in [1.807, 2.05) is 4.90 Å². The molecule has 3 rings (SSSR count). The van der Waals surface area contributed by atoms with Crippen LogP contribution in [0.4, 0.5) is 11.8 Å². The van der Waals surface area contributed by atoms with E-state index < -0.39 is 15.2 Å². The molecule has 138 valence electrons. The van der Waals surface area contributed by atoms with Crippen LogP contribution in [0.25, 0.3) is 11.1 Å². The number of hydrogen-bond acceptors (Lipinski definition) is 8. The Hall–Kier alpha value is -2.49. The lowest BCUT2D eigenvalue weighted by Crippen LogP contribution is -2.46. The molecule has 1 aromatic heterocycles. The number of nitrogens with zero attached hydrogens (tertiary/aromatic N) is 3. The molecular weight excluding hydrogens is 354 g/mol. The van der Waals surface area contributed by atoms with Crippen LogP contribution in [0.3, 0.4) is 0 Å². The number of sulfone groups is 1. The highest BCUT2D eigenvalue weighted by Gasteiger charge is 2.31. The zero-order valence-corrected chi connectivity index (χ0v) is 15.0. The highest BCUT2D eigenvalue weighted by molar-refractivity contribution is 7.92. The van der Waals surface area contributed by atoms with Gasteiger partial charge in [-0.25, -0.2) is 13.4 Å². The lowest BCUT2D eigenvalue weighted by molar-refractivity contribution is 0.0374. The van der Waals surface area contributed by atoms with E-state index in [0.29, 0.717) is 37.4 Å². The van der Waals surface area contributed by atoms with Crippen LogP contribution in [0.1, 0.15) is 0 Å². The number of hydrogen-bond donors (Lipinski definition) is 2. The smallest absolute Gasteiger partial charge is 0.221 e. The Balaban J connectivity index is 1.99. The van der Waals surface area contributed by atoms with Crippen LogP contribution in [-0.4, -0.2) is 55.0 Å². The summed E-state index contributed by atoms with van der Waals surface area (Å²) in [6.45, 7) is 5.79. The average Bonchev–Trinajstić information content (AvgIpc) is 2.63. The second kappa shape index (κ2) is 7.40. The zero-order chi connectivity index (χ0) is 18.7. The van der Waals surface area contributed by atoms with Crippen molar-refractivity contribution in [3.8, 4) is 11.1 Å². The number of benzene rings is 1. The Labute approximate surface area is 152 Å². The molecule has 1 aliphatic heterocycles. The van der Waals surface area contributed by atoms with Gasteiger partial charge in [-0.1, -0.05) is 18.2 Å². The van der Waals surface area contributed by atoms with Crippen molar-refractivity contribution in [2.45, 2.75) is 10.3 Å². The molecule has 0 amide bonds. The van der Waals surface area contributed by atoms with Gasteiger partial charge in [-0.05, 0) is 17.7 Å². The first kappa shape index (κ1) is 18.3. The van der Waals surface area contributed by atoms with Gasteiger partial charge in [0.25, 0.3) is 0 Å². The number of nitrogens with two attached hydrogens (primary N) is 2. The molecule has 8 nitrogen and oxygen atoms in total. The molecule has 9 heteroatoms. The van der Waals surface area contributed by atoms with E-state index in [1.54, 1.807) is 24.3 Å². The van der Waals surface area contributed by atoms with Crippen LogP contribution in [0, 0.1) is 0 Å². The first-order valence-corrected chi connectivity index (χ1v) is 9.65. The van der Waals surface area contributed by atoms with E-state index >= 15 is 0 Å². The van der Waals surface area contributed by atoms with E-state index in [4.69, 9.17) is 16.2 Å². The van der Waals surface area contributed by atoms with Gasteiger partial charge in [-0.2, -0.15) is 4.98 Å². The van der Waals surface area contributed by atoms with Crippen molar-refractivity contribution in [3.63, 3.8) is 0 Å². The van der Waals surface area contributed by atoms with Gasteiger partial charge in [0.2, 0.25) is 5.95 Å². The standard InChI is InChI=1S/C17H21N5O3S/c1-2-15(22-6-8-25-9-7-22)26(23,24)13-5-3-4-12(10-13)14-11-20-17(19)21-16(14)18/h2-5,10-11,15H,1,6-9H2,(H4,18,19,20,21). The summed E-state index contributed by atoms with van der Waals surface area (Å²) in [6.07, 6.45) is 2.93. The van der Waals surface area contributed by atoms with Gasteiger partial charge < -0.3 is 16.2 Å². The molecule has 0 radical (unpaired) electrons. The van der Waals surface area contributed by atoms with Crippen molar-refractivity contribution in [1.82, 2.24) is 14.9 Å². The summed E-state index contributed by atoms with van der Waals surface area (Å²) < 4.78 is 31.6. The second-order valence-electron chi connectivity index (χ2n) is 5.87. The topological polar surface area (TPSA) is 124 Å². The van der Waals surface area contributed by atoms with Crippen molar-refractivity contribution in [2.24, 2.45) is 0 Å². The number of nitrogen functional groups attached to an aromatic ring is 2. The van der Waals surface area contributed by atoms with Gasteiger partial charge in [0, 0.05) is 24.8 Å². The summed E-state index contributed by atoms with van der Waals surface area (Å²) in [4.78, 5) is 9.88. The van der Waals surface area contributed by atoms with Crippen LogP contribution in [-0.2, 0) is 14.6 Å². The quantitative estimate of drug-likeness (QED) is 0.740. The molecule has 4 N–H and O–H groups in total. The first-order valence-electron chi connectivity index (χ1n) is 8.10. The van der Waals surface area contributed by atoms with Crippen LogP contribution < -0.4 is 11.5 Å². The number of anilines is 2. The molecule has 0 bridgehead atoms. The van der Waals surface area contributed by atoms with Crippen LogP contribution >= 0.6 is 0 Å². The molecule has 1 aliphatic rings. The van der Waals surface area contributed by atoms with Crippen molar-refractivity contribution >= 4 is 21.6 Å². The molecule has 1 fully saturated rings. The summed E-state index contributed by atoms with van der Waals surface area (Å²) in [5, 5.41) is -0.818. The van der Waals surface area contributed by atoms with E-state index in [1.165, 1.54) is 12.3 Å². The van der Waals surface area contributed by atoms with E-state index in [2.05, 4.69) is 16.5 Å². The second-order valence-corrected chi connectivity index (χ2v) is 7.92. The fourth-order valence-electron chi connectivity index (χ4n) is 2.92. The van der Waals surface area contributed by atoms with Gasteiger partial charge in [-0.3, -0.25) is 4.90 Å². The van der Waals surface area contributed by atoms with Crippen LogP contribution in [0.2, 0.25) is 0 Å². The number of morpholine rings is 1. The normalized spacial score (nSPS) is 16.9. The maximum Gasteiger partial charge on any atom is 0.221 e. The third-order valence-electron chi connectivity index (χ3n) is 4.24. The minimum Gasteiger partial charge on any atom is -0.383 e. The molecule has 2 heterocycles. The van der Waals surface area contributed by atoms with E-state index in [9.17, 15) is 8.42 Å². The predicted octanol–water partition coefficient (Wildman–Crippen LogP) is 0.926. The minimum atomic E-state index is -3.66. The van der Waals surface area contributed by atoms with Gasteiger partial charge in [0.15, 0.2) is 9.84 Å². The highest BCUT2D eigenvalue weighted by Crippen LogP contribution is 2.28. The van der Waals surface area contributed by atoms with Gasteiger partial charge in [0.05, 0.1) is 18.1 Å². The summed E-state index contributed by atoms with van der Waals surface area (Å²) in [5.41, 5.74) is 12.5. The predicted molar refractivity (Wildman–Crippen MR) is 99.9 cm³/mol. The van der Waals surface area contributed by atoms with Crippen LogP contribution in [0.15, 0.2) is 48.0 Å². The van der Waals surface area contributed by atoms with Crippen molar-refractivity contribution in [2.75, 3.05) is 37.8 Å². The first-order chi connectivity index (χ1) is 12.4. The van der Waals surface area contributed by atoms with Gasteiger partial charge >= 0.3 is 0 Å². The molecule has 0 spiro atoms. The van der Waals surface area contributed by atoms with Crippen molar-refractivity contribution < 1.29 is 13.2 Å². The number of rotatable bonds is 5. The Bertz CT molecular complexity index is 910. The Morgan fingerprint density at radius 2 is 2.00 bits per heavy atom. The molecule has 1 saturated heterocycles. The molecule has 0 saturated carbocycles. The van der Waals surface area contributed by atoms with E-state index in [-0.39, 0.29) is 16.7 Å². The molecule has 1 unspecified atom stereocenters. The minimum absolute atomic E-state index is 0.0639. The third kappa shape index (κ3) is 3.55. The molecule has 26 heavy (non-hydrogen) atoms. The van der Waals surface area contributed by atoms with Gasteiger partial charge in [-0.15, -0.1) is 6.58 Å². The highest BCUT2D eigenvalue weighted by atomic mass is 32.2. The molecular formula is C17H21N5O3S. The Morgan fingerprint density at radius 3 is 2.65 bits per heavy atom. The third-order valence-corrected chi connectivity index (χ3v) is 6.27. The van der Waals surface area contributed by atoms with Crippen molar-refractivity contribution in [1.29, 1.82) is 0 Å². The molecule has 1 aromatic carbocycles.